The van der Waals surface area contributed by atoms with Crippen LogP contribution in [0.2, 0.25) is 0 Å². The largest absolute Gasteiger partial charge is 0.508 e. The van der Waals surface area contributed by atoms with Crippen LogP contribution in [0.1, 0.15) is 32.8 Å². The minimum atomic E-state index is -0.583. The number of H-pyrrole nitrogens is 1. The van der Waals surface area contributed by atoms with E-state index in [9.17, 15) is 14.7 Å². The second-order valence-electron chi connectivity index (χ2n) is 7.09. The molecule has 0 aliphatic heterocycles. The van der Waals surface area contributed by atoms with Crippen molar-refractivity contribution in [2.75, 3.05) is 0 Å². The van der Waals surface area contributed by atoms with E-state index < -0.39 is 5.91 Å². The minimum absolute atomic E-state index is 0.0570. The molecule has 4 N–H and O–H groups in total. The van der Waals surface area contributed by atoms with E-state index in [2.05, 4.69) is 4.98 Å². The number of phenols is 1. The second kappa shape index (κ2) is 8.73. The predicted molar refractivity (Wildman–Crippen MR) is 114 cm³/mol. The highest BCUT2D eigenvalue weighted by molar-refractivity contribution is 6.02. The van der Waals surface area contributed by atoms with Crippen molar-refractivity contribution in [3.63, 3.8) is 0 Å². The molecule has 0 atom stereocenters. The zero-order valence-corrected chi connectivity index (χ0v) is 16.5. The van der Waals surface area contributed by atoms with Crippen LogP contribution >= 0.6 is 0 Å². The van der Waals surface area contributed by atoms with E-state index in [0.717, 1.165) is 27.9 Å². The van der Waals surface area contributed by atoms with Crippen molar-refractivity contribution in [1.29, 1.82) is 0 Å². The second-order valence-corrected chi connectivity index (χ2v) is 7.09. The first kappa shape index (κ1) is 20.2. The van der Waals surface area contributed by atoms with Crippen molar-refractivity contribution in [3.8, 4) is 28.1 Å². The number of benzene rings is 2. The zero-order valence-electron chi connectivity index (χ0n) is 16.5. The normalized spacial score (nSPS) is 10.7. The van der Waals surface area contributed by atoms with Crippen LogP contribution in [0.25, 0.3) is 22.4 Å². The maximum Gasteiger partial charge on any atom is 0.274 e. The molecule has 0 fully saturated rings. The maximum absolute atomic E-state index is 13.1. The Hall–Kier alpha value is -4.10. The number of aryl methyl sites for hydroxylation is 1. The number of hydroxylamine groups is 1. The molecular formula is C24H20N2O5. The fourth-order valence-corrected chi connectivity index (χ4v) is 3.39. The number of aromatic hydroxyl groups is 1. The van der Waals surface area contributed by atoms with Crippen molar-refractivity contribution in [2.24, 2.45) is 0 Å². The molecule has 4 rings (SSSR count). The number of aromatic nitrogens is 1. The highest BCUT2D eigenvalue weighted by Crippen LogP contribution is 2.31. The van der Waals surface area contributed by atoms with Crippen LogP contribution in [0.15, 0.2) is 77.6 Å². The number of phenolic OH excluding ortho intramolecular Hbond substituents is 1. The van der Waals surface area contributed by atoms with E-state index in [1.165, 1.54) is 0 Å². The zero-order chi connectivity index (χ0) is 21.8. The Labute approximate surface area is 177 Å². The summed E-state index contributed by atoms with van der Waals surface area (Å²) in [7, 11) is 0. The molecule has 2 aromatic carbocycles. The molecule has 0 aliphatic rings. The Morgan fingerprint density at radius 1 is 0.968 bits per heavy atom. The third-order valence-electron chi connectivity index (χ3n) is 5.07. The number of ketones is 1. The summed E-state index contributed by atoms with van der Waals surface area (Å²) in [6, 6.07) is 17.1. The third-order valence-corrected chi connectivity index (χ3v) is 5.07. The van der Waals surface area contributed by atoms with Gasteiger partial charge in [0.15, 0.2) is 5.78 Å². The number of aromatic amines is 1. The van der Waals surface area contributed by atoms with Gasteiger partial charge in [-0.1, -0.05) is 12.1 Å². The average molecular weight is 416 g/mol. The number of rotatable bonds is 7. The van der Waals surface area contributed by atoms with Crippen LogP contribution in [0.3, 0.4) is 0 Å². The number of amides is 1. The molecule has 0 aliphatic carbocycles. The van der Waals surface area contributed by atoms with Crippen molar-refractivity contribution in [3.05, 3.63) is 90.0 Å². The number of nitrogens with one attached hydrogen (secondary N) is 2. The van der Waals surface area contributed by atoms with Gasteiger partial charge in [0.1, 0.15) is 5.75 Å². The smallest absolute Gasteiger partial charge is 0.274 e. The van der Waals surface area contributed by atoms with E-state index in [4.69, 9.17) is 9.62 Å². The summed E-state index contributed by atoms with van der Waals surface area (Å²) in [6.07, 6.45) is 3.91. The summed E-state index contributed by atoms with van der Waals surface area (Å²) >= 11 is 0. The molecule has 1 amide bonds. The van der Waals surface area contributed by atoms with Crippen LogP contribution in [-0.4, -0.2) is 27.0 Å². The molecular weight excluding hydrogens is 396 g/mol. The summed E-state index contributed by atoms with van der Waals surface area (Å²) in [5.74, 6) is -0.469. The van der Waals surface area contributed by atoms with Crippen LogP contribution in [-0.2, 0) is 6.42 Å². The van der Waals surface area contributed by atoms with Gasteiger partial charge in [-0.25, -0.2) is 5.48 Å². The van der Waals surface area contributed by atoms with Gasteiger partial charge >= 0.3 is 0 Å². The maximum atomic E-state index is 13.1. The predicted octanol–water partition coefficient (Wildman–Crippen LogP) is 4.58. The van der Waals surface area contributed by atoms with E-state index in [1.54, 1.807) is 72.6 Å². The highest BCUT2D eigenvalue weighted by Gasteiger charge is 2.18. The van der Waals surface area contributed by atoms with Gasteiger partial charge in [-0.05, 0) is 66.1 Å². The van der Waals surface area contributed by atoms with Gasteiger partial charge in [-0.2, -0.15) is 0 Å². The molecule has 0 saturated heterocycles. The molecule has 31 heavy (non-hydrogen) atoms. The molecule has 2 aromatic heterocycles. The van der Waals surface area contributed by atoms with E-state index in [0.29, 0.717) is 17.7 Å². The Balaban J connectivity index is 1.56. The highest BCUT2D eigenvalue weighted by atomic mass is 16.5. The van der Waals surface area contributed by atoms with Gasteiger partial charge in [0.05, 0.1) is 18.2 Å². The number of hydrogen-bond acceptors (Lipinski definition) is 5. The molecule has 7 nitrogen and oxygen atoms in total. The molecule has 0 spiro atoms. The standard InChI is InChI=1S/C24H20N2O5/c27-19-8-6-16(7-9-19)21-13-20(18-11-12-31-14-18)23(25-21)22(28)10-3-15-1-4-17(5-2-15)24(29)26-30/h1-2,4-9,11-14,25,27,30H,3,10H2,(H,26,29). The summed E-state index contributed by atoms with van der Waals surface area (Å²) in [4.78, 5) is 27.7. The Bertz CT molecular complexity index is 1190. The third kappa shape index (κ3) is 4.41. The van der Waals surface area contributed by atoms with Crippen molar-refractivity contribution < 1.29 is 24.3 Å². The lowest BCUT2D eigenvalue weighted by Crippen LogP contribution is -2.18. The van der Waals surface area contributed by atoms with Crippen LogP contribution < -0.4 is 5.48 Å². The van der Waals surface area contributed by atoms with E-state index in [-0.39, 0.29) is 18.0 Å². The Kier molecular flexibility index (Phi) is 5.68. The first-order valence-electron chi connectivity index (χ1n) is 9.66. The molecule has 7 heteroatoms. The molecule has 4 aromatic rings. The summed E-state index contributed by atoms with van der Waals surface area (Å²) in [6.45, 7) is 0. The lowest BCUT2D eigenvalue weighted by atomic mass is 10.0. The Morgan fingerprint density at radius 2 is 1.71 bits per heavy atom. The van der Waals surface area contributed by atoms with Crippen molar-refractivity contribution >= 4 is 11.7 Å². The fraction of sp³-hybridized carbons (Fsp3) is 0.0833. The lowest BCUT2D eigenvalue weighted by molar-refractivity contribution is 0.0706. The van der Waals surface area contributed by atoms with Crippen molar-refractivity contribution in [1.82, 2.24) is 10.5 Å². The molecule has 156 valence electrons. The number of carbonyl (C=O) groups excluding carboxylic acids is 2. The van der Waals surface area contributed by atoms with Gasteiger partial charge in [0, 0.05) is 28.8 Å². The van der Waals surface area contributed by atoms with Crippen LogP contribution in [0.5, 0.6) is 5.75 Å². The van der Waals surface area contributed by atoms with E-state index in [1.807, 2.05) is 6.07 Å². The first-order valence-corrected chi connectivity index (χ1v) is 9.66. The molecule has 0 unspecified atom stereocenters. The fourth-order valence-electron chi connectivity index (χ4n) is 3.39. The molecule has 2 heterocycles. The van der Waals surface area contributed by atoms with E-state index >= 15 is 0 Å². The summed E-state index contributed by atoms with van der Waals surface area (Å²) in [5.41, 5.74) is 6.47. The van der Waals surface area contributed by atoms with Gasteiger partial charge in [0.25, 0.3) is 5.91 Å². The molecule has 0 bridgehead atoms. The van der Waals surface area contributed by atoms with Crippen LogP contribution in [0.4, 0.5) is 0 Å². The first-order chi connectivity index (χ1) is 15.0. The lowest BCUT2D eigenvalue weighted by Gasteiger charge is -2.04. The van der Waals surface area contributed by atoms with Crippen molar-refractivity contribution in [2.45, 2.75) is 12.8 Å². The topological polar surface area (TPSA) is 116 Å². The van der Waals surface area contributed by atoms with Gasteiger partial charge < -0.3 is 14.5 Å². The number of carbonyl (C=O) groups is 2. The summed E-state index contributed by atoms with van der Waals surface area (Å²) in [5, 5.41) is 18.2. The SMILES string of the molecule is O=C(NO)c1ccc(CCC(=O)c2[nH]c(-c3ccc(O)cc3)cc2-c2ccoc2)cc1. The monoisotopic (exact) mass is 416 g/mol. The number of furan rings is 1. The quantitative estimate of drug-likeness (QED) is 0.200. The average Bonchev–Trinajstić information content (AvgIpc) is 3.48. The minimum Gasteiger partial charge on any atom is -0.508 e. The Morgan fingerprint density at radius 3 is 2.35 bits per heavy atom. The molecule has 0 radical (unpaired) electrons. The molecule has 0 saturated carbocycles. The number of hydrogen-bond donors (Lipinski definition) is 4. The summed E-state index contributed by atoms with van der Waals surface area (Å²) < 4.78 is 5.19. The van der Waals surface area contributed by atoms with Crippen LogP contribution in [0, 0.1) is 0 Å². The van der Waals surface area contributed by atoms with Gasteiger partial charge in [-0.15, -0.1) is 0 Å². The number of Topliss-reactive ketones (excluding diaryl/α,β-unsaturated/α-hetero) is 1. The van der Waals surface area contributed by atoms with Gasteiger partial charge in [-0.3, -0.25) is 14.8 Å². The van der Waals surface area contributed by atoms with Gasteiger partial charge in [0.2, 0.25) is 0 Å².